The first-order chi connectivity index (χ1) is 32.2. The predicted molar refractivity (Wildman–Crippen MR) is 280 cm³/mol. The van der Waals surface area contributed by atoms with E-state index in [1.165, 1.54) is 91.4 Å². The zero-order chi connectivity index (χ0) is 42.8. The second-order valence-corrected chi connectivity index (χ2v) is 18.0. The van der Waals surface area contributed by atoms with Gasteiger partial charge in [0.2, 0.25) is 0 Å². The van der Waals surface area contributed by atoms with Gasteiger partial charge in [-0.1, -0.05) is 164 Å². The lowest BCUT2D eigenvalue weighted by molar-refractivity contribution is 1.18. The molecule has 2 heterocycles. The molecule has 2 nitrogen and oxygen atoms in total. The van der Waals surface area contributed by atoms with E-state index >= 15 is 0 Å². The van der Waals surface area contributed by atoms with Crippen LogP contribution < -0.4 is 4.90 Å². The molecule has 0 aliphatic heterocycles. The van der Waals surface area contributed by atoms with Crippen LogP contribution in [-0.4, -0.2) is 4.57 Å². The zero-order valence-corrected chi connectivity index (χ0v) is 36.2. The molecule has 0 saturated heterocycles. The lowest BCUT2D eigenvalue weighted by Crippen LogP contribution is -2.11. The molecule has 0 aliphatic carbocycles. The van der Waals surface area contributed by atoms with Crippen LogP contribution in [-0.2, 0) is 0 Å². The number of rotatable bonds is 7. The molecule has 65 heavy (non-hydrogen) atoms. The molecule has 0 radical (unpaired) electrons. The molecule has 0 amide bonds. The van der Waals surface area contributed by atoms with Crippen molar-refractivity contribution in [1.82, 2.24) is 4.57 Å². The Kier molecular flexibility index (Phi) is 8.75. The highest BCUT2D eigenvalue weighted by Crippen LogP contribution is 2.49. The van der Waals surface area contributed by atoms with Crippen molar-refractivity contribution in [2.45, 2.75) is 0 Å². The van der Waals surface area contributed by atoms with Crippen LogP contribution in [0.3, 0.4) is 0 Å². The number of thiophene rings is 1. The van der Waals surface area contributed by atoms with Gasteiger partial charge in [0.1, 0.15) is 0 Å². The van der Waals surface area contributed by atoms with Gasteiger partial charge in [-0.15, -0.1) is 11.3 Å². The second-order valence-electron chi connectivity index (χ2n) is 16.9. The van der Waals surface area contributed by atoms with Crippen LogP contribution in [0.25, 0.3) is 103 Å². The number of hydrogen-bond donors (Lipinski definition) is 0. The zero-order valence-electron chi connectivity index (χ0n) is 35.4. The van der Waals surface area contributed by atoms with Crippen LogP contribution >= 0.6 is 11.3 Å². The molecule has 0 unspecified atom stereocenters. The number of aromatic nitrogens is 1. The number of benzene rings is 11. The van der Waals surface area contributed by atoms with Gasteiger partial charge in [-0.3, -0.25) is 0 Å². The molecule has 13 aromatic rings. The average molecular weight is 845 g/mol. The molecule has 0 N–H and O–H groups in total. The van der Waals surface area contributed by atoms with Gasteiger partial charge in [0, 0.05) is 53.6 Å². The Bertz CT molecular complexity index is 3810. The van der Waals surface area contributed by atoms with Gasteiger partial charge in [0.25, 0.3) is 0 Å². The fraction of sp³-hybridized carbons (Fsp3) is 0. The molecule has 3 heteroatoms. The van der Waals surface area contributed by atoms with Gasteiger partial charge < -0.3 is 9.47 Å². The van der Waals surface area contributed by atoms with E-state index in [1.54, 1.807) is 0 Å². The van der Waals surface area contributed by atoms with Crippen LogP contribution in [0.4, 0.5) is 17.1 Å². The average Bonchev–Trinajstić information content (AvgIpc) is 3.92. The molecule has 11 aromatic carbocycles. The Morgan fingerprint density at radius 3 is 1.52 bits per heavy atom. The SMILES string of the molecule is c1ccc(-n2c3ccccc3c3cc(-c4cccc5sc6ccccc6c45)c(N(c4ccc(-c5ccc6ccccc6c5)cc4)c4ccc(-c5ccc6ccccc6c5)cc4)cc32)cc1. The number of fused-ring (bicyclic) bond motifs is 8. The predicted octanol–water partition coefficient (Wildman–Crippen LogP) is 17.9. The van der Waals surface area contributed by atoms with Crippen molar-refractivity contribution in [1.29, 1.82) is 0 Å². The molecule has 0 fully saturated rings. The Labute approximate surface area is 381 Å². The van der Waals surface area contributed by atoms with Crippen molar-refractivity contribution in [2.24, 2.45) is 0 Å². The monoisotopic (exact) mass is 844 g/mol. The van der Waals surface area contributed by atoms with Crippen molar-refractivity contribution in [2.75, 3.05) is 4.90 Å². The minimum atomic E-state index is 1.08. The topological polar surface area (TPSA) is 8.17 Å². The van der Waals surface area contributed by atoms with E-state index in [9.17, 15) is 0 Å². The van der Waals surface area contributed by atoms with Gasteiger partial charge >= 0.3 is 0 Å². The summed E-state index contributed by atoms with van der Waals surface area (Å²) in [5.41, 5.74) is 13.9. The lowest BCUT2D eigenvalue weighted by Gasteiger charge is -2.29. The summed E-state index contributed by atoms with van der Waals surface area (Å²) >= 11 is 1.87. The maximum Gasteiger partial charge on any atom is 0.0562 e. The maximum atomic E-state index is 2.48. The fourth-order valence-electron chi connectivity index (χ4n) is 10.0. The van der Waals surface area contributed by atoms with Gasteiger partial charge in [0.15, 0.2) is 0 Å². The molecule has 2 aromatic heterocycles. The molecular formula is C62H40N2S. The van der Waals surface area contributed by atoms with Crippen molar-refractivity contribution in [3.8, 4) is 39.1 Å². The Morgan fingerprint density at radius 1 is 0.323 bits per heavy atom. The highest BCUT2D eigenvalue weighted by atomic mass is 32.1. The van der Waals surface area contributed by atoms with E-state index < -0.39 is 0 Å². The van der Waals surface area contributed by atoms with E-state index in [0.29, 0.717) is 0 Å². The third kappa shape index (κ3) is 6.31. The highest BCUT2D eigenvalue weighted by Gasteiger charge is 2.24. The van der Waals surface area contributed by atoms with Crippen LogP contribution in [0.1, 0.15) is 0 Å². The van der Waals surface area contributed by atoms with Gasteiger partial charge in [-0.2, -0.15) is 0 Å². The molecule has 304 valence electrons. The third-order valence-corrected chi connectivity index (χ3v) is 14.3. The van der Waals surface area contributed by atoms with Crippen molar-refractivity contribution < 1.29 is 0 Å². The molecule has 13 rings (SSSR count). The normalized spacial score (nSPS) is 11.7. The summed E-state index contributed by atoms with van der Waals surface area (Å²) in [6, 6.07) is 89.2. The maximum absolute atomic E-state index is 2.48. The quantitative estimate of drug-likeness (QED) is 0.155. The molecule has 0 spiro atoms. The first-order valence-corrected chi connectivity index (χ1v) is 23.1. The first-order valence-electron chi connectivity index (χ1n) is 22.2. The number of para-hydroxylation sites is 2. The number of anilines is 3. The van der Waals surface area contributed by atoms with E-state index in [2.05, 4.69) is 252 Å². The largest absolute Gasteiger partial charge is 0.310 e. The summed E-state index contributed by atoms with van der Waals surface area (Å²) in [5.74, 6) is 0. The fourth-order valence-corrected chi connectivity index (χ4v) is 11.2. The second kappa shape index (κ2) is 15.2. The van der Waals surface area contributed by atoms with E-state index in [4.69, 9.17) is 0 Å². The third-order valence-electron chi connectivity index (χ3n) is 13.2. The summed E-state index contributed by atoms with van der Waals surface area (Å²) in [6.45, 7) is 0. The standard InChI is InChI=1S/C62H40N2S/c1-2-17-49(18-3-1)64-57-22-10-8-19-52(57)55-39-56(53-21-12-24-61-62(53)54-20-9-11-23-60(54)65-61)58(40-59(55)64)63(50-33-29-43(30-34-50)47-27-25-41-13-4-6-15-45(41)37-47)51-35-31-44(32-36-51)48-28-26-42-14-5-7-16-46(42)38-48/h1-40H. The van der Waals surface area contributed by atoms with E-state index in [0.717, 1.165) is 28.3 Å². The summed E-state index contributed by atoms with van der Waals surface area (Å²) in [4.78, 5) is 2.48. The molecule has 0 aliphatic rings. The molecule has 0 saturated carbocycles. The van der Waals surface area contributed by atoms with Crippen LogP contribution in [0.5, 0.6) is 0 Å². The molecule has 0 atom stereocenters. The molecular weight excluding hydrogens is 805 g/mol. The van der Waals surface area contributed by atoms with Crippen molar-refractivity contribution in [3.05, 3.63) is 243 Å². The summed E-state index contributed by atoms with van der Waals surface area (Å²) in [5, 5.41) is 10.00. The minimum Gasteiger partial charge on any atom is -0.310 e. The lowest BCUT2D eigenvalue weighted by atomic mass is 9.94. The Balaban J connectivity index is 1.08. The van der Waals surface area contributed by atoms with Crippen LogP contribution in [0.2, 0.25) is 0 Å². The summed E-state index contributed by atoms with van der Waals surface area (Å²) < 4.78 is 5.01. The molecule has 0 bridgehead atoms. The number of hydrogen-bond acceptors (Lipinski definition) is 2. The van der Waals surface area contributed by atoms with Gasteiger partial charge in [0.05, 0.1) is 16.7 Å². The van der Waals surface area contributed by atoms with Crippen molar-refractivity contribution in [3.63, 3.8) is 0 Å². The van der Waals surface area contributed by atoms with Gasteiger partial charge in [-0.25, -0.2) is 0 Å². The number of nitrogens with zero attached hydrogens (tertiary/aromatic N) is 2. The van der Waals surface area contributed by atoms with Crippen molar-refractivity contribution >= 4 is 91.9 Å². The van der Waals surface area contributed by atoms with E-state index in [1.807, 2.05) is 11.3 Å². The van der Waals surface area contributed by atoms with Gasteiger partial charge in [-0.05, 0) is 128 Å². The van der Waals surface area contributed by atoms with Crippen LogP contribution in [0, 0.1) is 0 Å². The Hall–Kier alpha value is -8.24. The smallest absolute Gasteiger partial charge is 0.0562 e. The first kappa shape index (κ1) is 37.3. The summed E-state index contributed by atoms with van der Waals surface area (Å²) in [7, 11) is 0. The van der Waals surface area contributed by atoms with Crippen LogP contribution in [0.15, 0.2) is 243 Å². The minimum absolute atomic E-state index is 1.08. The van der Waals surface area contributed by atoms with E-state index in [-0.39, 0.29) is 0 Å². The Morgan fingerprint density at radius 2 is 0.862 bits per heavy atom. The highest BCUT2D eigenvalue weighted by molar-refractivity contribution is 7.25. The summed E-state index contributed by atoms with van der Waals surface area (Å²) in [6.07, 6.45) is 0.